The SMILES string of the molecule is CCOc1ccc(C2=N/C(=C/c3ccc(Sc4nc5ccccc5s4)c([N+](=O)[O-])c3)C(=O)O2)cc1OCC. The van der Waals surface area contributed by atoms with Gasteiger partial charge in [0.15, 0.2) is 21.5 Å². The van der Waals surface area contributed by atoms with Gasteiger partial charge < -0.3 is 14.2 Å². The minimum absolute atomic E-state index is 0.0349. The number of carbonyl (C=O) groups is 1. The maximum absolute atomic E-state index is 12.5. The molecule has 1 aliphatic heterocycles. The number of rotatable bonds is 9. The molecule has 0 N–H and O–H groups in total. The van der Waals surface area contributed by atoms with Crippen LogP contribution in [-0.2, 0) is 9.53 Å². The first-order valence-corrected chi connectivity index (χ1v) is 13.3. The third kappa shape index (κ3) is 5.38. The van der Waals surface area contributed by atoms with E-state index in [9.17, 15) is 14.9 Å². The van der Waals surface area contributed by atoms with Gasteiger partial charge in [0.1, 0.15) is 0 Å². The Morgan fingerprint density at radius 2 is 1.84 bits per heavy atom. The lowest BCUT2D eigenvalue weighted by Gasteiger charge is -2.11. The lowest BCUT2D eigenvalue weighted by atomic mass is 10.1. The van der Waals surface area contributed by atoms with Crippen molar-refractivity contribution in [2.75, 3.05) is 13.2 Å². The summed E-state index contributed by atoms with van der Waals surface area (Å²) in [6, 6.07) is 17.6. The zero-order valence-corrected chi connectivity index (χ0v) is 22.0. The topological polar surface area (TPSA) is 113 Å². The summed E-state index contributed by atoms with van der Waals surface area (Å²) in [5.74, 6) is 0.556. The van der Waals surface area contributed by atoms with E-state index in [0.717, 1.165) is 10.2 Å². The summed E-state index contributed by atoms with van der Waals surface area (Å²) in [6.07, 6.45) is 1.46. The number of esters is 1. The lowest BCUT2D eigenvalue weighted by molar-refractivity contribution is -0.387. The van der Waals surface area contributed by atoms with Gasteiger partial charge in [0.25, 0.3) is 5.69 Å². The Bertz CT molecular complexity index is 1580. The Kier molecular flexibility index (Phi) is 7.38. The van der Waals surface area contributed by atoms with Crippen LogP contribution in [0.4, 0.5) is 5.69 Å². The van der Waals surface area contributed by atoms with Gasteiger partial charge in [0.05, 0.1) is 33.2 Å². The number of nitrogens with zero attached hydrogens (tertiary/aromatic N) is 3. The summed E-state index contributed by atoms with van der Waals surface area (Å²) >= 11 is 2.70. The molecular weight excluding hydrogens is 526 g/mol. The summed E-state index contributed by atoms with van der Waals surface area (Å²) in [4.78, 5) is 33.3. The summed E-state index contributed by atoms with van der Waals surface area (Å²) in [6.45, 7) is 4.65. The number of hydrogen-bond donors (Lipinski definition) is 0. The second-order valence-electron chi connectivity index (χ2n) is 7.90. The number of benzene rings is 3. The highest BCUT2D eigenvalue weighted by atomic mass is 32.2. The molecule has 0 spiro atoms. The minimum atomic E-state index is -0.651. The van der Waals surface area contributed by atoms with Crippen LogP contribution < -0.4 is 9.47 Å². The van der Waals surface area contributed by atoms with E-state index >= 15 is 0 Å². The van der Waals surface area contributed by atoms with Crippen molar-refractivity contribution in [1.82, 2.24) is 4.98 Å². The van der Waals surface area contributed by atoms with Gasteiger partial charge in [-0.2, -0.15) is 0 Å². The number of fused-ring (bicyclic) bond motifs is 1. The van der Waals surface area contributed by atoms with Gasteiger partial charge in [-0.25, -0.2) is 14.8 Å². The number of para-hydroxylation sites is 1. The summed E-state index contributed by atoms with van der Waals surface area (Å²) in [7, 11) is 0. The van der Waals surface area contributed by atoms with Crippen LogP contribution in [0.1, 0.15) is 25.0 Å². The Hall–Kier alpha value is -4.22. The average Bonchev–Trinajstić information content (AvgIpc) is 3.48. The molecule has 1 aliphatic rings. The van der Waals surface area contributed by atoms with Crippen LogP contribution in [0.25, 0.3) is 16.3 Å². The number of aromatic nitrogens is 1. The van der Waals surface area contributed by atoms with E-state index in [1.807, 2.05) is 38.1 Å². The minimum Gasteiger partial charge on any atom is -0.490 e. The smallest absolute Gasteiger partial charge is 0.363 e. The summed E-state index contributed by atoms with van der Waals surface area (Å²) in [5, 5.41) is 11.8. The maximum Gasteiger partial charge on any atom is 0.363 e. The third-order valence-electron chi connectivity index (χ3n) is 5.37. The van der Waals surface area contributed by atoms with E-state index < -0.39 is 10.9 Å². The van der Waals surface area contributed by atoms with Crippen LogP contribution in [0.5, 0.6) is 11.5 Å². The van der Waals surface area contributed by atoms with E-state index in [2.05, 4.69) is 9.98 Å². The average molecular weight is 548 g/mol. The second kappa shape index (κ2) is 11.0. The van der Waals surface area contributed by atoms with Gasteiger partial charge in [-0.05, 0) is 61.9 Å². The van der Waals surface area contributed by atoms with Crippen LogP contribution in [0.3, 0.4) is 0 Å². The normalized spacial score (nSPS) is 14.0. The van der Waals surface area contributed by atoms with Crippen LogP contribution in [0.15, 0.2) is 80.6 Å². The van der Waals surface area contributed by atoms with Gasteiger partial charge in [-0.15, -0.1) is 11.3 Å². The molecule has 0 radical (unpaired) electrons. The van der Waals surface area contributed by atoms with E-state index in [4.69, 9.17) is 14.2 Å². The molecule has 0 saturated carbocycles. The Morgan fingerprint density at radius 3 is 2.61 bits per heavy atom. The molecule has 0 atom stereocenters. The van der Waals surface area contributed by atoms with E-state index in [-0.39, 0.29) is 17.3 Å². The van der Waals surface area contributed by atoms with Crippen LogP contribution >= 0.6 is 23.1 Å². The first kappa shape index (κ1) is 25.4. The third-order valence-corrected chi connectivity index (χ3v) is 7.53. The number of aliphatic imine (C=N–C) groups is 1. The molecule has 0 bridgehead atoms. The van der Waals surface area contributed by atoms with Crippen molar-refractivity contribution >= 4 is 56.9 Å². The van der Waals surface area contributed by atoms with Crippen molar-refractivity contribution in [3.63, 3.8) is 0 Å². The molecule has 38 heavy (non-hydrogen) atoms. The van der Waals surface area contributed by atoms with Gasteiger partial charge in [0.2, 0.25) is 5.90 Å². The molecule has 1 aromatic heterocycles. The highest BCUT2D eigenvalue weighted by Crippen LogP contribution is 2.39. The second-order valence-corrected chi connectivity index (χ2v) is 10.2. The fourth-order valence-corrected chi connectivity index (χ4v) is 5.83. The van der Waals surface area contributed by atoms with Gasteiger partial charge in [0, 0.05) is 11.6 Å². The molecule has 11 heteroatoms. The van der Waals surface area contributed by atoms with E-state index in [0.29, 0.717) is 45.1 Å². The lowest BCUT2D eigenvalue weighted by Crippen LogP contribution is -2.06. The molecule has 0 aliphatic carbocycles. The van der Waals surface area contributed by atoms with Crippen molar-refractivity contribution in [3.05, 3.63) is 87.6 Å². The van der Waals surface area contributed by atoms with Crippen LogP contribution in [-0.4, -0.2) is 35.0 Å². The first-order chi connectivity index (χ1) is 18.4. The predicted molar refractivity (Wildman–Crippen MR) is 146 cm³/mol. The van der Waals surface area contributed by atoms with Crippen molar-refractivity contribution in [3.8, 4) is 11.5 Å². The highest BCUT2D eigenvalue weighted by molar-refractivity contribution is 8.01. The molecule has 9 nitrogen and oxygen atoms in total. The molecule has 192 valence electrons. The fraction of sp³-hybridized carbons (Fsp3) is 0.148. The van der Waals surface area contributed by atoms with Crippen molar-refractivity contribution in [1.29, 1.82) is 0 Å². The largest absolute Gasteiger partial charge is 0.490 e. The highest BCUT2D eigenvalue weighted by Gasteiger charge is 2.26. The molecule has 0 fully saturated rings. The Labute approximate surface area is 225 Å². The molecule has 5 rings (SSSR count). The molecule has 2 heterocycles. The molecular formula is C27H21N3O6S2. The van der Waals surface area contributed by atoms with Crippen molar-refractivity contribution < 1.29 is 23.9 Å². The van der Waals surface area contributed by atoms with E-state index in [1.54, 1.807) is 30.3 Å². The number of hydrogen-bond acceptors (Lipinski definition) is 10. The van der Waals surface area contributed by atoms with Gasteiger partial charge in [-0.1, -0.05) is 30.0 Å². The van der Waals surface area contributed by atoms with Crippen molar-refractivity contribution in [2.45, 2.75) is 23.1 Å². The van der Waals surface area contributed by atoms with Crippen LogP contribution in [0.2, 0.25) is 0 Å². The number of carbonyl (C=O) groups excluding carboxylic acids is 1. The van der Waals surface area contributed by atoms with Gasteiger partial charge >= 0.3 is 5.97 Å². The quantitative estimate of drug-likeness (QED) is 0.101. The molecule has 4 aromatic rings. The van der Waals surface area contributed by atoms with Crippen LogP contribution in [0, 0.1) is 10.1 Å². The number of cyclic esters (lactones) is 1. The number of nitro benzene ring substituents is 1. The zero-order valence-electron chi connectivity index (χ0n) is 20.4. The number of nitro groups is 1. The number of thiazole rings is 1. The Balaban J connectivity index is 1.42. The molecule has 0 saturated heterocycles. The zero-order chi connectivity index (χ0) is 26.6. The predicted octanol–water partition coefficient (Wildman–Crippen LogP) is 6.50. The monoisotopic (exact) mass is 547 g/mol. The Morgan fingerprint density at radius 1 is 1.05 bits per heavy atom. The molecule has 0 amide bonds. The molecule has 0 unspecified atom stereocenters. The standard InChI is InChI=1S/C27H21N3O6S2/c1-3-34-21-11-10-17(15-22(21)35-4-2)25-28-19(26(31)36-25)13-16-9-12-24(20(14-16)30(32)33)38-27-29-18-7-5-6-8-23(18)37-27/h5-15H,3-4H2,1-2H3/b19-13+. The maximum atomic E-state index is 12.5. The van der Waals surface area contributed by atoms with Gasteiger partial charge in [-0.3, -0.25) is 10.1 Å². The fourth-order valence-electron chi connectivity index (χ4n) is 3.72. The summed E-state index contributed by atoms with van der Waals surface area (Å²) in [5.41, 5.74) is 1.78. The number of ether oxygens (including phenoxy) is 3. The molecule has 3 aromatic carbocycles. The first-order valence-electron chi connectivity index (χ1n) is 11.7. The van der Waals surface area contributed by atoms with Crippen molar-refractivity contribution in [2.24, 2.45) is 4.99 Å². The van der Waals surface area contributed by atoms with E-state index in [1.165, 1.54) is 35.2 Å². The summed E-state index contributed by atoms with van der Waals surface area (Å²) < 4.78 is 18.3.